The molecule has 1 amide bonds. The monoisotopic (exact) mass is 319 g/mol. The van der Waals surface area contributed by atoms with Crippen molar-refractivity contribution in [2.75, 3.05) is 5.32 Å². The number of rotatable bonds is 3. The molecule has 0 saturated carbocycles. The van der Waals surface area contributed by atoms with E-state index in [0.29, 0.717) is 16.5 Å². The lowest BCUT2D eigenvalue weighted by Crippen LogP contribution is -2.10. The standard InChI is InChI=1S/C20H17NO3/c1-13-6-5-8-17(14(13)2)21-19(22)11-10-15-12-24-18-9-4-3-7-16(18)20(15)23/h3-12H,1-2H3,(H,21,22)/b11-10+. The highest BCUT2D eigenvalue weighted by atomic mass is 16.3. The lowest BCUT2D eigenvalue weighted by Gasteiger charge is -2.08. The van der Waals surface area contributed by atoms with Gasteiger partial charge < -0.3 is 9.73 Å². The molecule has 0 radical (unpaired) electrons. The lowest BCUT2D eigenvalue weighted by atomic mass is 10.1. The van der Waals surface area contributed by atoms with Gasteiger partial charge in [0.15, 0.2) is 5.43 Å². The van der Waals surface area contributed by atoms with Gasteiger partial charge in [0.25, 0.3) is 0 Å². The zero-order valence-corrected chi connectivity index (χ0v) is 13.5. The number of fused-ring (bicyclic) bond motifs is 1. The van der Waals surface area contributed by atoms with Crippen LogP contribution < -0.4 is 10.7 Å². The van der Waals surface area contributed by atoms with Crippen molar-refractivity contribution in [1.29, 1.82) is 0 Å². The molecule has 0 fully saturated rings. The van der Waals surface area contributed by atoms with Crippen LogP contribution >= 0.6 is 0 Å². The number of amides is 1. The summed E-state index contributed by atoms with van der Waals surface area (Å²) in [6.07, 6.45) is 4.17. The predicted octanol–water partition coefficient (Wildman–Crippen LogP) is 4.06. The topological polar surface area (TPSA) is 59.3 Å². The van der Waals surface area contributed by atoms with E-state index in [0.717, 1.165) is 16.8 Å². The second kappa shape index (κ2) is 6.54. The lowest BCUT2D eigenvalue weighted by molar-refractivity contribution is -0.111. The molecule has 0 spiro atoms. The smallest absolute Gasteiger partial charge is 0.248 e. The highest BCUT2D eigenvalue weighted by Gasteiger charge is 2.06. The first-order valence-electron chi connectivity index (χ1n) is 7.62. The van der Waals surface area contributed by atoms with Crippen LogP contribution in [0, 0.1) is 13.8 Å². The highest BCUT2D eigenvalue weighted by Crippen LogP contribution is 2.18. The van der Waals surface area contributed by atoms with Crippen molar-refractivity contribution in [1.82, 2.24) is 0 Å². The van der Waals surface area contributed by atoms with Crippen LogP contribution in [-0.4, -0.2) is 5.91 Å². The third kappa shape index (κ3) is 3.13. The maximum Gasteiger partial charge on any atom is 0.248 e. The van der Waals surface area contributed by atoms with Crippen LogP contribution in [0.5, 0.6) is 0 Å². The third-order valence-corrected chi connectivity index (χ3v) is 3.98. The number of carbonyl (C=O) groups is 1. The van der Waals surface area contributed by atoms with Gasteiger partial charge in [0.05, 0.1) is 10.9 Å². The van der Waals surface area contributed by atoms with Gasteiger partial charge in [-0.2, -0.15) is 0 Å². The van der Waals surface area contributed by atoms with Gasteiger partial charge >= 0.3 is 0 Å². The van der Waals surface area contributed by atoms with Gasteiger partial charge in [-0.15, -0.1) is 0 Å². The molecule has 4 nitrogen and oxygen atoms in total. The zero-order chi connectivity index (χ0) is 17.1. The Morgan fingerprint density at radius 1 is 1.08 bits per heavy atom. The van der Waals surface area contributed by atoms with Crippen molar-refractivity contribution < 1.29 is 9.21 Å². The number of aryl methyl sites for hydroxylation is 1. The maximum atomic E-state index is 12.4. The summed E-state index contributed by atoms with van der Waals surface area (Å²) in [5.74, 6) is -0.295. The van der Waals surface area contributed by atoms with E-state index in [1.165, 1.54) is 18.4 Å². The number of benzene rings is 2. The van der Waals surface area contributed by atoms with Crippen molar-refractivity contribution in [3.8, 4) is 0 Å². The van der Waals surface area contributed by atoms with Crippen LogP contribution in [0.1, 0.15) is 16.7 Å². The van der Waals surface area contributed by atoms with Crippen LogP contribution in [0.4, 0.5) is 5.69 Å². The second-order valence-electron chi connectivity index (χ2n) is 5.59. The van der Waals surface area contributed by atoms with Gasteiger partial charge in [0.1, 0.15) is 11.8 Å². The van der Waals surface area contributed by atoms with Crippen LogP contribution in [0.25, 0.3) is 17.0 Å². The van der Waals surface area contributed by atoms with E-state index in [1.807, 2.05) is 32.0 Å². The minimum absolute atomic E-state index is 0.160. The predicted molar refractivity (Wildman–Crippen MR) is 96.1 cm³/mol. The number of hydrogen-bond donors (Lipinski definition) is 1. The van der Waals surface area contributed by atoms with E-state index in [1.54, 1.807) is 24.3 Å². The van der Waals surface area contributed by atoms with E-state index >= 15 is 0 Å². The van der Waals surface area contributed by atoms with E-state index in [-0.39, 0.29) is 11.3 Å². The first kappa shape index (κ1) is 15.7. The average Bonchev–Trinajstić information content (AvgIpc) is 2.59. The summed E-state index contributed by atoms with van der Waals surface area (Å²) in [5, 5.41) is 3.31. The second-order valence-corrected chi connectivity index (χ2v) is 5.59. The summed E-state index contributed by atoms with van der Waals surface area (Å²) in [6, 6.07) is 12.7. The SMILES string of the molecule is Cc1cccc(NC(=O)/C=C/c2coc3ccccc3c2=O)c1C. The maximum absolute atomic E-state index is 12.4. The molecule has 0 unspecified atom stereocenters. The van der Waals surface area contributed by atoms with Crippen molar-refractivity contribution in [3.05, 3.63) is 81.7 Å². The van der Waals surface area contributed by atoms with Crippen molar-refractivity contribution in [2.45, 2.75) is 13.8 Å². The molecule has 0 aliphatic rings. The Labute approximate surface area is 139 Å². The first-order valence-corrected chi connectivity index (χ1v) is 7.62. The molecule has 1 heterocycles. The molecule has 120 valence electrons. The number of para-hydroxylation sites is 1. The van der Waals surface area contributed by atoms with E-state index in [4.69, 9.17) is 4.42 Å². The van der Waals surface area contributed by atoms with Crippen LogP contribution in [0.3, 0.4) is 0 Å². The quantitative estimate of drug-likeness (QED) is 0.741. The van der Waals surface area contributed by atoms with E-state index in [2.05, 4.69) is 5.32 Å². The van der Waals surface area contributed by atoms with Crippen molar-refractivity contribution in [2.24, 2.45) is 0 Å². The van der Waals surface area contributed by atoms with E-state index < -0.39 is 0 Å². The Morgan fingerprint density at radius 2 is 1.88 bits per heavy atom. The Kier molecular flexibility index (Phi) is 4.29. The molecule has 1 N–H and O–H groups in total. The molecule has 4 heteroatoms. The van der Waals surface area contributed by atoms with Crippen molar-refractivity contribution in [3.63, 3.8) is 0 Å². The number of anilines is 1. The zero-order valence-electron chi connectivity index (χ0n) is 13.5. The van der Waals surface area contributed by atoms with Crippen molar-refractivity contribution >= 4 is 28.6 Å². The van der Waals surface area contributed by atoms with Gasteiger partial charge in [-0.25, -0.2) is 0 Å². The molecule has 3 rings (SSSR count). The summed E-state index contributed by atoms with van der Waals surface area (Å²) < 4.78 is 5.43. The Hall–Kier alpha value is -3.14. The molecule has 1 aromatic heterocycles. The number of hydrogen-bond acceptors (Lipinski definition) is 3. The first-order chi connectivity index (χ1) is 11.6. The van der Waals surface area contributed by atoms with Crippen LogP contribution in [0.15, 0.2) is 64.0 Å². The summed E-state index contributed by atoms with van der Waals surface area (Å²) >= 11 is 0. The van der Waals surface area contributed by atoms with Gasteiger partial charge in [0.2, 0.25) is 5.91 Å². The Balaban J connectivity index is 1.83. The minimum atomic E-state index is -0.295. The molecule has 0 bridgehead atoms. The average molecular weight is 319 g/mol. The number of carbonyl (C=O) groups excluding carboxylic acids is 1. The molecule has 0 saturated heterocycles. The minimum Gasteiger partial charge on any atom is -0.463 e. The summed E-state index contributed by atoms with van der Waals surface area (Å²) in [5.41, 5.74) is 3.59. The molecule has 2 aromatic carbocycles. The summed E-state index contributed by atoms with van der Waals surface area (Å²) in [6.45, 7) is 3.94. The molecule has 3 aromatic rings. The van der Waals surface area contributed by atoms with Crippen LogP contribution in [0.2, 0.25) is 0 Å². The van der Waals surface area contributed by atoms with Gasteiger partial charge in [-0.1, -0.05) is 24.3 Å². The van der Waals surface area contributed by atoms with Crippen LogP contribution in [-0.2, 0) is 4.79 Å². The largest absolute Gasteiger partial charge is 0.463 e. The van der Waals surface area contributed by atoms with Gasteiger partial charge in [0, 0.05) is 11.8 Å². The Morgan fingerprint density at radius 3 is 2.71 bits per heavy atom. The molecular formula is C20H17NO3. The molecule has 0 atom stereocenters. The Bertz CT molecular complexity index is 999. The molecule has 0 aliphatic carbocycles. The van der Waals surface area contributed by atoms with Gasteiger partial charge in [-0.3, -0.25) is 9.59 Å². The fourth-order valence-corrected chi connectivity index (χ4v) is 2.43. The van der Waals surface area contributed by atoms with Gasteiger partial charge in [-0.05, 0) is 49.2 Å². The number of nitrogens with one attached hydrogen (secondary N) is 1. The third-order valence-electron chi connectivity index (χ3n) is 3.98. The fraction of sp³-hybridized carbons (Fsp3) is 0.100. The van der Waals surface area contributed by atoms with E-state index in [9.17, 15) is 9.59 Å². The summed E-state index contributed by atoms with van der Waals surface area (Å²) in [7, 11) is 0. The molecule has 24 heavy (non-hydrogen) atoms. The molecular weight excluding hydrogens is 302 g/mol. The summed E-state index contributed by atoms with van der Waals surface area (Å²) in [4.78, 5) is 24.4. The highest BCUT2D eigenvalue weighted by molar-refractivity contribution is 6.02. The molecule has 0 aliphatic heterocycles. The fourth-order valence-electron chi connectivity index (χ4n) is 2.43. The normalized spacial score (nSPS) is 11.1.